The third-order valence-electron chi connectivity index (χ3n) is 3.89. The minimum absolute atomic E-state index is 0.0860. The highest BCUT2D eigenvalue weighted by atomic mass is 79.9. The second-order valence-corrected chi connectivity index (χ2v) is 6.61. The van der Waals surface area contributed by atoms with Gasteiger partial charge in [0.1, 0.15) is 17.2 Å². The molecule has 29 heavy (non-hydrogen) atoms. The topological polar surface area (TPSA) is 98.2 Å². The predicted molar refractivity (Wildman–Crippen MR) is 113 cm³/mol. The second kappa shape index (κ2) is 11.1. The molecule has 2 aromatic rings. The van der Waals surface area contributed by atoms with Gasteiger partial charge in [0.2, 0.25) is 5.91 Å². The fourth-order valence-corrected chi connectivity index (χ4v) is 2.87. The molecule has 0 aromatic heterocycles. The molecule has 0 fully saturated rings. The minimum atomic E-state index is -0.331. The van der Waals surface area contributed by atoms with Gasteiger partial charge in [-0.05, 0) is 46.3 Å². The summed E-state index contributed by atoms with van der Waals surface area (Å²) in [6.45, 7) is 0.184. The first-order valence-electron chi connectivity index (χ1n) is 8.64. The largest absolute Gasteiger partial charge is 0.497 e. The van der Waals surface area contributed by atoms with Crippen LogP contribution in [0.5, 0.6) is 17.2 Å². The zero-order valence-electron chi connectivity index (χ0n) is 16.3. The quantitative estimate of drug-likeness (QED) is 0.440. The first kappa shape index (κ1) is 22.2. The lowest BCUT2D eigenvalue weighted by molar-refractivity contribution is -0.120. The summed E-state index contributed by atoms with van der Waals surface area (Å²) in [5, 5.41) is 6.61. The van der Waals surface area contributed by atoms with Gasteiger partial charge < -0.3 is 19.5 Å². The third kappa shape index (κ3) is 6.49. The number of benzene rings is 2. The summed E-state index contributed by atoms with van der Waals surface area (Å²) in [4.78, 5) is 23.9. The molecule has 0 saturated carbocycles. The average molecular weight is 464 g/mol. The van der Waals surface area contributed by atoms with Crippen LogP contribution < -0.4 is 25.0 Å². The normalized spacial score (nSPS) is 10.5. The number of hydrogen-bond acceptors (Lipinski definition) is 6. The van der Waals surface area contributed by atoms with E-state index >= 15 is 0 Å². The third-order valence-corrected chi connectivity index (χ3v) is 4.51. The summed E-state index contributed by atoms with van der Waals surface area (Å²) >= 11 is 3.39. The molecule has 2 amide bonds. The summed E-state index contributed by atoms with van der Waals surface area (Å²) < 4.78 is 16.3. The Morgan fingerprint density at radius 1 is 1.03 bits per heavy atom. The Balaban J connectivity index is 1.82. The highest BCUT2D eigenvalue weighted by Gasteiger charge is 2.09. The molecule has 0 radical (unpaired) electrons. The average Bonchev–Trinajstić information content (AvgIpc) is 2.74. The van der Waals surface area contributed by atoms with E-state index in [2.05, 4.69) is 31.8 Å². The van der Waals surface area contributed by atoms with Crippen molar-refractivity contribution < 1.29 is 23.8 Å². The number of carbonyl (C=O) groups excluding carboxylic acids is 2. The Morgan fingerprint density at radius 2 is 1.72 bits per heavy atom. The molecule has 0 atom stereocenters. The molecule has 8 nitrogen and oxygen atoms in total. The number of methoxy groups -OCH3 is 3. The second-order valence-electron chi connectivity index (χ2n) is 5.76. The van der Waals surface area contributed by atoms with Crippen molar-refractivity contribution in [2.75, 3.05) is 27.9 Å². The van der Waals surface area contributed by atoms with Gasteiger partial charge in [0.25, 0.3) is 5.91 Å². The maximum Gasteiger partial charge on any atom is 0.251 e. The van der Waals surface area contributed by atoms with Gasteiger partial charge in [0.15, 0.2) is 0 Å². The van der Waals surface area contributed by atoms with Crippen LogP contribution in [0.25, 0.3) is 0 Å². The van der Waals surface area contributed by atoms with E-state index in [4.69, 9.17) is 14.2 Å². The molecule has 0 aliphatic heterocycles. The molecular weight excluding hydrogens is 442 g/mol. The van der Waals surface area contributed by atoms with Crippen LogP contribution in [0.1, 0.15) is 22.3 Å². The Labute approximate surface area is 177 Å². The lowest BCUT2D eigenvalue weighted by atomic mass is 10.2. The van der Waals surface area contributed by atoms with Gasteiger partial charge in [-0.25, -0.2) is 5.43 Å². The SMILES string of the molecule is COc1ccc(C(=O)NCCC(=O)NN=Cc2cc(Br)c(OC)cc2OC)cc1. The Bertz CT molecular complexity index is 884. The monoisotopic (exact) mass is 463 g/mol. The van der Waals surface area contributed by atoms with Crippen molar-refractivity contribution in [2.45, 2.75) is 6.42 Å². The number of nitrogens with zero attached hydrogens (tertiary/aromatic N) is 1. The van der Waals surface area contributed by atoms with Crippen molar-refractivity contribution in [1.29, 1.82) is 0 Å². The molecule has 9 heteroatoms. The van der Waals surface area contributed by atoms with Gasteiger partial charge in [0.05, 0.1) is 32.0 Å². The van der Waals surface area contributed by atoms with Gasteiger partial charge in [-0.15, -0.1) is 0 Å². The Kier molecular flexibility index (Phi) is 8.47. The van der Waals surface area contributed by atoms with Crippen molar-refractivity contribution in [2.24, 2.45) is 5.10 Å². The van der Waals surface area contributed by atoms with Gasteiger partial charge in [-0.1, -0.05) is 0 Å². The molecule has 0 saturated heterocycles. The maximum absolute atomic E-state index is 12.0. The molecule has 0 unspecified atom stereocenters. The molecular formula is C20H22BrN3O5. The molecule has 2 N–H and O–H groups in total. The number of nitrogens with one attached hydrogen (secondary N) is 2. The molecule has 0 bridgehead atoms. The number of hydrazone groups is 1. The highest BCUT2D eigenvalue weighted by Crippen LogP contribution is 2.31. The summed E-state index contributed by atoms with van der Waals surface area (Å²) in [7, 11) is 4.64. The number of ether oxygens (including phenoxy) is 3. The van der Waals surface area contributed by atoms with Crippen molar-refractivity contribution in [3.63, 3.8) is 0 Å². The van der Waals surface area contributed by atoms with Crippen LogP contribution in [0.15, 0.2) is 46.0 Å². The molecule has 0 aliphatic rings. The summed E-state index contributed by atoms with van der Waals surface area (Å²) in [6, 6.07) is 10.2. The fraction of sp³-hybridized carbons (Fsp3) is 0.250. The van der Waals surface area contributed by atoms with Crippen LogP contribution in [0.4, 0.5) is 0 Å². The number of amides is 2. The van der Waals surface area contributed by atoms with E-state index in [0.717, 1.165) is 4.47 Å². The van der Waals surface area contributed by atoms with E-state index in [9.17, 15) is 9.59 Å². The predicted octanol–water partition coefficient (Wildman–Crippen LogP) is 2.75. The van der Waals surface area contributed by atoms with Crippen LogP contribution in [0.2, 0.25) is 0 Å². The van der Waals surface area contributed by atoms with Crippen molar-refractivity contribution >= 4 is 34.0 Å². The van der Waals surface area contributed by atoms with Gasteiger partial charge >= 0.3 is 0 Å². The highest BCUT2D eigenvalue weighted by molar-refractivity contribution is 9.10. The van der Waals surface area contributed by atoms with E-state index in [0.29, 0.717) is 28.4 Å². The van der Waals surface area contributed by atoms with Crippen LogP contribution in [-0.4, -0.2) is 45.9 Å². The van der Waals surface area contributed by atoms with E-state index in [1.807, 2.05) is 0 Å². The number of rotatable bonds is 9. The van der Waals surface area contributed by atoms with Crippen LogP contribution in [-0.2, 0) is 4.79 Å². The molecule has 0 aliphatic carbocycles. The zero-order chi connectivity index (χ0) is 21.2. The molecule has 0 spiro atoms. The summed E-state index contributed by atoms with van der Waals surface area (Å²) in [5.41, 5.74) is 3.57. The summed E-state index contributed by atoms with van der Waals surface area (Å²) in [6.07, 6.45) is 1.56. The number of carbonyl (C=O) groups is 2. The molecule has 0 heterocycles. The van der Waals surface area contributed by atoms with Crippen molar-refractivity contribution in [1.82, 2.24) is 10.7 Å². The van der Waals surface area contributed by atoms with Gasteiger partial charge in [0, 0.05) is 30.2 Å². The van der Waals surface area contributed by atoms with Gasteiger partial charge in [-0.2, -0.15) is 5.10 Å². The van der Waals surface area contributed by atoms with E-state index in [1.165, 1.54) is 13.3 Å². The van der Waals surface area contributed by atoms with Crippen molar-refractivity contribution in [3.8, 4) is 17.2 Å². The molecule has 154 valence electrons. The first-order chi connectivity index (χ1) is 14.0. The van der Waals surface area contributed by atoms with E-state index in [-0.39, 0.29) is 24.8 Å². The lowest BCUT2D eigenvalue weighted by Gasteiger charge is -2.09. The summed E-state index contributed by atoms with van der Waals surface area (Å²) in [5.74, 6) is 1.24. The minimum Gasteiger partial charge on any atom is -0.497 e. The Morgan fingerprint density at radius 3 is 2.34 bits per heavy atom. The first-order valence-corrected chi connectivity index (χ1v) is 9.43. The Hall–Kier alpha value is -3.07. The number of hydrogen-bond donors (Lipinski definition) is 2. The van der Waals surface area contributed by atoms with Crippen LogP contribution in [0, 0.1) is 0 Å². The lowest BCUT2D eigenvalue weighted by Crippen LogP contribution is -2.29. The fourth-order valence-electron chi connectivity index (χ4n) is 2.35. The van der Waals surface area contributed by atoms with E-state index in [1.54, 1.807) is 50.6 Å². The maximum atomic E-state index is 12.0. The smallest absolute Gasteiger partial charge is 0.251 e. The van der Waals surface area contributed by atoms with E-state index < -0.39 is 0 Å². The molecule has 2 rings (SSSR count). The van der Waals surface area contributed by atoms with Crippen molar-refractivity contribution in [3.05, 3.63) is 52.0 Å². The molecule has 2 aromatic carbocycles. The van der Waals surface area contributed by atoms with Crippen LogP contribution >= 0.6 is 15.9 Å². The zero-order valence-corrected chi connectivity index (χ0v) is 17.9. The van der Waals surface area contributed by atoms with Crippen LogP contribution in [0.3, 0.4) is 0 Å². The number of halogens is 1. The standard InChI is InChI=1S/C20H22BrN3O5/c1-27-15-6-4-13(5-7-15)20(26)22-9-8-19(25)24-23-12-14-10-16(21)18(29-3)11-17(14)28-2/h4-7,10-12H,8-9H2,1-3H3,(H,22,26)(H,24,25). The van der Waals surface area contributed by atoms with Gasteiger partial charge in [-0.3, -0.25) is 9.59 Å².